The van der Waals surface area contributed by atoms with Crippen LogP contribution in [0.25, 0.3) is 0 Å². The van der Waals surface area contributed by atoms with Gasteiger partial charge in [0.1, 0.15) is 0 Å². The number of nitro benzene ring substituents is 1. The summed E-state index contributed by atoms with van der Waals surface area (Å²) in [7, 11) is -4.08. The number of carbonyl (C=O) groups is 1. The number of aliphatic carboxylic acids is 1. The van der Waals surface area contributed by atoms with Crippen molar-refractivity contribution in [1.29, 1.82) is 0 Å². The van der Waals surface area contributed by atoms with E-state index in [-0.39, 0.29) is 23.5 Å². The molecule has 20 heavy (non-hydrogen) atoms. The summed E-state index contributed by atoms with van der Waals surface area (Å²) in [5.41, 5.74) is -0.365. The van der Waals surface area contributed by atoms with Crippen molar-refractivity contribution in [2.24, 2.45) is 0 Å². The summed E-state index contributed by atoms with van der Waals surface area (Å²) in [6.07, 6.45) is 0.587. The molecule has 1 aromatic rings. The Kier molecular flexibility index (Phi) is 3.73. The van der Waals surface area contributed by atoms with E-state index in [4.69, 9.17) is 0 Å². The van der Waals surface area contributed by atoms with Gasteiger partial charge in [0.2, 0.25) is 10.0 Å². The molecule has 0 bridgehead atoms. The number of carboxylic acids is 1. The van der Waals surface area contributed by atoms with Crippen molar-refractivity contribution in [3.05, 3.63) is 34.4 Å². The Morgan fingerprint density at radius 1 is 1.40 bits per heavy atom. The minimum atomic E-state index is -4.08. The minimum Gasteiger partial charge on any atom is -0.548 e. The van der Waals surface area contributed by atoms with Crippen molar-refractivity contribution >= 4 is 21.7 Å². The Hall–Kier alpha value is -2.00. The lowest BCUT2D eigenvalue weighted by atomic mass is 10.2. The summed E-state index contributed by atoms with van der Waals surface area (Å²) < 4.78 is 25.5. The molecule has 0 N–H and O–H groups in total. The fourth-order valence-corrected chi connectivity index (χ4v) is 3.84. The second kappa shape index (κ2) is 5.17. The molecule has 1 aliphatic rings. The number of hydrogen-bond acceptors (Lipinski definition) is 6. The molecule has 9 heteroatoms. The molecule has 1 saturated heterocycles. The second-order valence-electron chi connectivity index (χ2n) is 4.35. The maximum Gasteiger partial charge on any atom is 0.270 e. The number of benzene rings is 1. The Morgan fingerprint density at radius 2 is 2.10 bits per heavy atom. The van der Waals surface area contributed by atoms with Crippen LogP contribution < -0.4 is 5.11 Å². The third-order valence-corrected chi connectivity index (χ3v) is 5.01. The first-order chi connectivity index (χ1) is 9.34. The zero-order valence-corrected chi connectivity index (χ0v) is 11.1. The maximum absolute atomic E-state index is 12.3. The Bertz CT molecular complexity index is 657. The molecule has 2 rings (SSSR count). The van der Waals surface area contributed by atoms with Gasteiger partial charge in [-0.1, -0.05) is 6.07 Å². The van der Waals surface area contributed by atoms with Gasteiger partial charge in [-0.25, -0.2) is 8.42 Å². The number of carboxylic acid groups (broad SMARTS) is 1. The highest BCUT2D eigenvalue weighted by molar-refractivity contribution is 7.89. The van der Waals surface area contributed by atoms with E-state index in [9.17, 15) is 28.4 Å². The molecular formula is C11H11N2O6S-. The van der Waals surface area contributed by atoms with Gasteiger partial charge >= 0.3 is 0 Å². The minimum absolute atomic E-state index is 0.0592. The van der Waals surface area contributed by atoms with Crippen LogP contribution >= 0.6 is 0 Å². The van der Waals surface area contributed by atoms with Crippen LogP contribution in [0.5, 0.6) is 0 Å². The quantitative estimate of drug-likeness (QED) is 0.545. The highest BCUT2D eigenvalue weighted by atomic mass is 32.2. The topological polar surface area (TPSA) is 121 Å². The predicted molar refractivity (Wildman–Crippen MR) is 65.0 cm³/mol. The highest BCUT2D eigenvalue weighted by Gasteiger charge is 2.36. The number of non-ortho nitro benzene ring substituents is 1. The van der Waals surface area contributed by atoms with Crippen LogP contribution in [-0.2, 0) is 14.8 Å². The van der Waals surface area contributed by atoms with Crippen LogP contribution in [0.2, 0.25) is 0 Å². The van der Waals surface area contributed by atoms with Gasteiger partial charge in [0.25, 0.3) is 5.69 Å². The van der Waals surface area contributed by atoms with Crippen LogP contribution in [0, 0.1) is 10.1 Å². The molecule has 1 fully saturated rings. The molecular weight excluding hydrogens is 288 g/mol. The average Bonchev–Trinajstić information content (AvgIpc) is 2.89. The van der Waals surface area contributed by atoms with E-state index in [2.05, 4.69) is 0 Å². The number of nitrogens with zero attached hydrogens (tertiary/aromatic N) is 2. The zero-order valence-electron chi connectivity index (χ0n) is 10.3. The van der Waals surface area contributed by atoms with Crippen LogP contribution in [0.3, 0.4) is 0 Å². The molecule has 108 valence electrons. The third-order valence-electron chi connectivity index (χ3n) is 3.11. The van der Waals surface area contributed by atoms with E-state index in [1.807, 2.05) is 0 Å². The highest BCUT2D eigenvalue weighted by Crippen LogP contribution is 2.27. The van der Waals surface area contributed by atoms with E-state index in [0.29, 0.717) is 6.42 Å². The summed E-state index contributed by atoms with van der Waals surface area (Å²) in [6.45, 7) is 0.0592. The molecule has 1 atom stereocenters. The Balaban J connectivity index is 2.42. The molecule has 0 radical (unpaired) electrons. The SMILES string of the molecule is O=C([O-])[C@H]1CCCN1S(=O)(=O)c1cccc([N+](=O)[O-])c1. The lowest BCUT2D eigenvalue weighted by Gasteiger charge is -2.24. The molecule has 1 aliphatic heterocycles. The largest absolute Gasteiger partial charge is 0.548 e. The fraction of sp³-hybridized carbons (Fsp3) is 0.364. The summed E-state index contributed by atoms with van der Waals surface area (Å²) in [5.74, 6) is -1.46. The van der Waals surface area contributed by atoms with Crippen molar-refractivity contribution in [1.82, 2.24) is 4.31 Å². The van der Waals surface area contributed by atoms with Gasteiger partial charge in [0.05, 0.1) is 21.8 Å². The van der Waals surface area contributed by atoms with E-state index >= 15 is 0 Å². The van der Waals surface area contributed by atoms with Gasteiger partial charge in [-0.15, -0.1) is 0 Å². The molecule has 0 aliphatic carbocycles. The smallest absolute Gasteiger partial charge is 0.270 e. The average molecular weight is 299 g/mol. The van der Waals surface area contributed by atoms with Crippen molar-refractivity contribution in [2.75, 3.05) is 6.54 Å². The molecule has 0 aromatic heterocycles. The Morgan fingerprint density at radius 3 is 2.70 bits per heavy atom. The number of sulfonamides is 1. The number of carbonyl (C=O) groups excluding carboxylic acids is 1. The summed E-state index contributed by atoms with van der Waals surface area (Å²) in [5, 5.41) is 21.6. The molecule has 8 nitrogen and oxygen atoms in total. The van der Waals surface area contributed by atoms with Gasteiger partial charge in [-0.2, -0.15) is 4.31 Å². The lowest BCUT2D eigenvalue weighted by molar-refractivity contribution is -0.385. The Labute approximate surface area is 114 Å². The second-order valence-corrected chi connectivity index (χ2v) is 6.24. The molecule has 0 amide bonds. The molecule has 1 aromatic carbocycles. The van der Waals surface area contributed by atoms with Crippen molar-refractivity contribution in [3.8, 4) is 0 Å². The zero-order chi connectivity index (χ0) is 14.9. The van der Waals surface area contributed by atoms with E-state index in [0.717, 1.165) is 10.4 Å². The lowest BCUT2D eigenvalue weighted by Crippen LogP contribution is -2.46. The number of hydrogen-bond donors (Lipinski definition) is 0. The van der Waals surface area contributed by atoms with Gasteiger partial charge in [-0.05, 0) is 18.9 Å². The summed E-state index contributed by atoms with van der Waals surface area (Å²) >= 11 is 0. The van der Waals surface area contributed by atoms with Crippen molar-refractivity contribution < 1.29 is 23.2 Å². The van der Waals surface area contributed by atoms with Crippen molar-refractivity contribution in [3.63, 3.8) is 0 Å². The van der Waals surface area contributed by atoms with Gasteiger partial charge in [0, 0.05) is 18.7 Å². The van der Waals surface area contributed by atoms with Gasteiger partial charge < -0.3 is 9.90 Å². The maximum atomic E-state index is 12.3. The van der Waals surface area contributed by atoms with Crippen molar-refractivity contribution in [2.45, 2.75) is 23.8 Å². The van der Waals surface area contributed by atoms with Gasteiger partial charge in [-0.3, -0.25) is 10.1 Å². The van der Waals surface area contributed by atoms with E-state index < -0.39 is 27.0 Å². The molecule has 0 unspecified atom stereocenters. The van der Waals surface area contributed by atoms with Crippen LogP contribution in [0.1, 0.15) is 12.8 Å². The summed E-state index contributed by atoms with van der Waals surface area (Å²) in [6, 6.07) is 3.31. The first kappa shape index (κ1) is 14.4. The normalized spacial score (nSPS) is 19.9. The van der Waals surface area contributed by atoms with Crippen LogP contribution in [0.4, 0.5) is 5.69 Å². The van der Waals surface area contributed by atoms with Crippen LogP contribution in [-0.4, -0.2) is 36.2 Å². The predicted octanol–water partition coefficient (Wildman–Crippen LogP) is -0.502. The third kappa shape index (κ3) is 2.49. The first-order valence-corrected chi connectivity index (χ1v) is 7.25. The molecule has 0 spiro atoms. The number of nitro groups is 1. The van der Waals surface area contributed by atoms with E-state index in [1.165, 1.54) is 18.2 Å². The number of rotatable bonds is 4. The molecule has 1 heterocycles. The van der Waals surface area contributed by atoms with Gasteiger partial charge in [0.15, 0.2) is 0 Å². The fourth-order valence-electron chi connectivity index (χ4n) is 2.16. The van der Waals surface area contributed by atoms with Crippen LogP contribution in [0.15, 0.2) is 29.2 Å². The monoisotopic (exact) mass is 299 g/mol. The standard InChI is InChI=1S/C11H12N2O6S/c14-11(15)10-5-2-6-12(10)20(18,19)9-4-1-3-8(7-9)13(16)17/h1,3-4,7,10H,2,5-6H2,(H,14,15)/p-1/t10-/m1/s1. The summed E-state index contributed by atoms with van der Waals surface area (Å²) in [4.78, 5) is 20.6. The van der Waals surface area contributed by atoms with E-state index in [1.54, 1.807) is 0 Å². The molecule has 0 saturated carbocycles. The first-order valence-electron chi connectivity index (χ1n) is 5.81.